The van der Waals surface area contributed by atoms with Crippen molar-refractivity contribution in [1.29, 1.82) is 0 Å². The largest absolute Gasteiger partial charge is 0.341 e. The molecule has 1 aliphatic rings. The number of hydrogen-bond acceptors (Lipinski definition) is 5. The molecule has 7 nitrogen and oxygen atoms in total. The van der Waals surface area contributed by atoms with E-state index >= 15 is 0 Å². The summed E-state index contributed by atoms with van der Waals surface area (Å²) < 4.78 is 1.87. The van der Waals surface area contributed by atoms with Gasteiger partial charge in [-0.3, -0.25) is 9.48 Å². The van der Waals surface area contributed by atoms with Gasteiger partial charge in [-0.2, -0.15) is 5.10 Å². The minimum atomic E-state index is -0.225. The lowest BCUT2D eigenvalue weighted by Crippen LogP contribution is -2.32. The van der Waals surface area contributed by atoms with Gasteiger partial charge in [-0.15, -0.1) is 0 Å². The van der Waals surface area contributed by atoms with Crippen LogP contribution >= 0.6 is 11.6 Å². The van der Waals surface area contributed by atoms with Crippen LogP contribution in [-0.2, 0) is 13.1 Å². The van der Waals surface area contributed by atoms with Gasteiger partial charge in [-0.05, 0) is 24.8 Å². The fourth-order valence-electron chi connectivity index (χ4n) is 3.63. The number of aromatic nitrogens is 4. The van der Waals surface area contributed by atoms with E-state index in [1.54, 1.807) is 18.1 Å². The molecule has 0 atom stereocenters. The molecule has 3 aromatic rings. The number of piperidine rings is 1. The number of rotatable bonds is 6. The fraction of sp³-hybridized carbons (Fsp3) is 0.364. The van der Waals surface area contributed by atoms with Gasteiger partial charge < -0.3 is 9.80 Å². The van der Waals surface area contributed by atoms with Crippen molar-refractivity contribution in [2.24, 2.45) is 0 Å². The number of anilines is 1. The molecule has 2 aromatic heterocycles. The van der Waals surface area contributed by atoms with E-state index in [1.807, 2.05) is 29.1 Å². The molecule has 8 heteroatoms. The summed E-state index contributed by atoms with van der Waals surface area (Å²) in [6.45, 7) is 2.93. The van der Waals surface area contributed by atoms with E-state index in [1.165, 1.54) is 18.2 Å². The first-order chi connectivity index (χ1) is 14.6. The van der Waals surface area contributed by atoms with E-state index in [0.717, 1.165) is 31.5 Å². The van der Waals surface area contributed by atoms with Crippen LogP contribution in [-0.4, -0.2) is 50.7 Å². The van der Waals surface area contributed by atoms with Crippen molar-refractivity contribution in [1.82, 2.24) is 24.6 Å². The molecule has 1 fully saturated rings. The zero-order chi connectivity index (χ0) is 20.9. The lowest BCUT2D eigenvalue weighted by molar-refractivity contribution is 0.0779. The minimum Gasteiger partial charge on any atom is -0.341 e. The third-order valence-electron chi connectivity index (χ3n) is 5.21. The molecule has 0 radical (unpaired) electrons. The molecule has 0 aliphatic carbocycles. The smallest absolute Gasteiger partial charge is 0.274 e. The Bertz CT molecular complexity index is 1000. The van der Waals surface area contributed by atoms with E-state index in [4.69, 9.17) is 11.6 Å². The summed E-state index contributed by atoms with van der Waals surface area (Å²) in [5, 5.41) is 4.68. The monoisotopic (exact) mass is 424 g/mol. The summed E-state index contributed by atoms with van der Waals surface area (Å²) in [6.07, 6.45) is 8.71. The van der Waals surface area contributed by atoms with Gasteiger partial charge in [0.05, 0.1) is 24.0 Å². The Morgan fingerprint density at radius 3 is 2.63 bits per heavy atom. The molecular formula is C22H25ClN6O. The predicted octanol–water partition coefficient (Wildman–Crippen LogP) is 3.64. The van der Waals surface area contributed by atoms with Gasteiger partial charge in [0.25, 0.3) is 5.91 Å². The van der Waals surface area contributed by atoms with Crippen LogP contribution in [0.15, 0.2) is 48.9 Å². The third-order valence-corrected chi connectivity index (χ3v) is 5.49. The van der Waals surface area contributed by atoms with E-state index in [9.17, 15) is 4.79 Å². The van der Waals surface area contributed by atoms with Crippen LogP contribution in [0.3, 0.4) is 0 Å². The maximum atomic E-state index is 13.0. The summed E-state index contributed by atoms with van der Waals surface area (Å²) in [4.78, 5) is 25.6. The predicted molar refractivity (Wildman–Crippen MR) is 117 cm³/mol. The number of halogens is 1. The number of carbonyl (C=O) groups is 1. The second-order valence-corrected chi connectivity index (χ2v) is 8.01. The van der Waals surface area contributed by atoms with Crippen molar-refractivity contribution < 1.29 is 4.79 Å². The minimum absolute atomic E-state index is 0.225. The first kappa shape index (κ1) is 20.3. The first-order valence-electron chi connectivity index (χ1n) is 10.2. The fourth-order valence-corrected chi connectivity index (χ4v) is 3.80. The second-order valence-electron chi connectivity index (χ2n) is 7.61. The molecule has 4 rings (SSSR count). The summed E-state index contributed by atoms with van der Waals surface area (Å²) in [6, 6.07) is 10.1. The highest BCUT2D eigenvalue weighted by Gasteiger charge is 2.21. The summed E-state index contributed by atoms with van der Waals surface area (Å²) in [7, 11) is 1.75. The Morgan fingerprint density at radius 1 is 1.10 bits per heavy atom. The molecule has 156 valence electrons. The van der Waals surface area contributed by atoms with Crippen molar-refractivity contribution in [3.05, 3.63) is 70.8 Å². The summed E-state index contributed by atoms with van der Waals surface area (Å²) in [5.41, 5.74) is 2.37. The molecule has 0 saturated carbocycles. The molecule has 1 amide bonds. The number of benzene rings is 1. The van der Waals surface area contributed by atoms with Crippen molar-refractivity contribution in [3.8, 4) is 0 Å². The Kier molecular flexibility index (Phi) is 6.28. The average molecular weight is 425 g/mol. The van der Waals surface area contributed by atoms with Crippen LogP contribution < -0.4 is 4.90 Å². The SMILES string of the molecule is CN(Cc1cnn(Cc2ccccc2)c1)C(=O)c1nc(N2CCCCC2)ncc1Cl. The van der Waals surface area contributed by atoms with Crippen LogP contribution in [0.1, 0.15) is 40.9 Å². The molecule has 1 aliphatic heterocycles. The molecule has 0 N–H and O–H groups in total. The standard InChI is InChI=1S/C22H25ClN6O/c1-27(14-18-12-25-29(16-18)15-17-8-4-2-5-9-17)21(30)20-19(23)13-24-22(26-20)28-10-6-3-7-11-28/h2,4-5,8-9,12-13,16H,3,6-7,10-11,14-15H2,1H3. The normalized spacial score (nSPS) is 14.0. The van der Waals surface area contributed by atoms with Crippen molar-refractivity contribution in [2.45, 2.75) is 32.4 Å². The van der Waals surface area contributed by atoms with Gasteiger partial charge >= 0.3 is 0 Å². The van der Waals surface area contributed by atoms with Crippen LogP contribution in [0.5, 0.6) is 0 Å². The van der Waals surface area contributed by atoms with Crippen molar-refractivity contribution in [3.63, 3.8) is 0 Å². The molecule has 0 spiro atoms. The number of hydrogen-bond donors (Lipinski definition) is 0. The highest BCUT2D eigenvalue weighted by molar-refractivity contribution is 6.33. The van der Waals surface area contributed by atoms with Crippen LogP contribution in [0.4, 0.5) is 5.95 Å². The Hall–Kier alpha value is -2.93. The zero-order valence-electron chi connectivity index (χ0n) is 17.0. The molecule has 0 bridgehead atoms. The zero-order valence-corrected chi connectivity index (χ0v) is 17.8. The lowest BCUT2D eigenvalue weighted by Gasteiger charge is -2.27. The Balaban J connectivity index is 1.43. The van der Waals surface area contributed by atoms with E-state index in [2.05, 4.69) is 32.1 Å². The van der Waals surface area contributed by atoms with E-state index in [0.29, 0.717) is 19.0 Å². The quantitative estimate of drug-likeness (QED) is 0.604. The average Bonchev–Trinajstić information content (AvgIpc) is 3.21. The number of carbonyl (C=O) groups excluding carboxylic acids is 1. The highest BCUT2D eigenvalue weighted by atomic mass is 35.5. The van der Waals surface area contributed by atoms with Crippen LogP contribution in [0, 0.1) is 0 Å². The van der Waals surface area contributed by atoms with Gasteiger partial charge in [0.15, 0.2) is 5.69 Å². The molecule has 3 heterocycles. The van der Waals surface area contributed by atoms with Crippen molar-refractivity contribution in [2.75, 3.05) is 25.0 Å². The maximum absolute atomic E-state index is 13.0. The summed E-state index contributed by atoms with van der Waals surface area (Å²) >= 11 is 6.26. The molecular weight excluding hydrogens is 400 g/mol. The molecule has 1 aromatic carbocycles. The first-order valence-corrected chi connectivity index (χ1v) is 10.6. The van der Waals surface area contributed by atoms with E-state index < -0.39 is 0 Å². The van der Waals surface area contributed by atoms with E-state index in [-0.39, 0.29) is 16.6 Å². The van der Waals surface area contributed by atoms with Crippen molar-refractivity contribution >= 4 is 23.5 Å². The Morgan fingerprint density at radius 2 is 1.87 bits per heavy atom. The molecule has 1 saturated heterocycles. The van der Waals surface area contributed by atoms with Gasteiger partial charge in [0, 0.05) is 38.4 Å². The summed E-state index contributed by atoms with van der Waals surface area (Å²) in [5.74, 6) is 0.350. The number of nitrogens with zero attached hydrogens (tertiary/aromatic N) is 6. The van der Waals surface area contributed by atoms with Gasteiger partial charge in [-0.25, -0.2) is 9.97 Å². The third kappa shape index (κ3) is 4.79. The molecule has 30 heavy (non-hydrogen) atoms. The van der Waals surface area contributed by atoms with Gasteiger partial charge in [0.1, 0.15) is 0 Å². The highest BCUT2D eigenvalue weighted by Crippen LogP contribution is 2.21. The van der Waals surface area contributed by atoms with Gasteiger partial charge in [-0.1, -0.05) is 41.9 Å². The number of amides is 1. The maximum Gasteiger partial charge on any atom is 0.274 e. The van der Waals surface area contributed by atoms with Crippen LogP contribution in [0.2, 0.25) is 5.02 Å². The van der Waals surface area contributed by atoms with Gasteiger partial charge in [0.2, 0.25) is 5.95 Å². The lowest BCUT2D eigenvalue weighted by atomic mass is 10.1. The molecule has 0 unspecified atom stereocenters. The van der Waals surface area contributed by atoms with Crippen LogP contribution in [0.25, 0.3) is 0 Å². The topological polar surface area (TPSA) is 67.2 Å². The second kappa shape index (κ2) is 9.26. The Labute approximate surface area is 181 Å².